The summed E-state index contributed by atoms with van der Waals surface area (Å²) in [6.45, 7) is 1.13. The van der Waals surface area contributed by atoms with Crippen LogP contribution in [0.1, 0.15) is 10.5 Å². The molecule has 0 spiro atoms. The van der Waals surface area contributed by atoms with Gasteiger partial charge in [0, 0.05) is 18.1 Å². The first-order valence-electron chi connectivity index (χ1n) is 6.43. The Labute approximate surface area is 116 Å². The quantitative estimate of drug-likeness (QED) is 0.787. The van der Waals surface area contributed by atoms with Gasteiger partial charge < -0.3 is 9.64 Å². The first-order valence-corrected chi connectivity index (χ1v) is 6.43. The monoisotopic (exact) mass is 267 g/mol. The summed E-state index contributed by atoms with van der Waals surface area (Å²) in [6, 6.07) is 11.0. The summed E-state index contributed by atoms with van der Waals surface area (Å²) in [6.07, 6.45) is 1.62. The van der Waals surface area contributed by atoms with Crippen molar-refractivity contribution in [3.8, 4) is 6.07 Å². The van der Waals surface area contributed by atoms with Crippen LogP contribution in [0.5, 0.6) is 0 Å². The third kappa shape index (κ3) is 2.10. The van der Waals surface area contributed by atoms with Gasteiger partial charge in [0.1, 0.15) is 11.7 Å². The summed E-state index contributed by atoms with van der Waals surface area (Å²) >= 11 is 0. The van der Waals surface area contributed by atoms with Crippen molar-refractivity contribution in [2.24, 2.45) is 0 Å². The number of ether oxygens (including phenoxy) is 1. The predicted octanol–water partition coefficient (Wildman–Crippen LogP) is 1.60. The molecule has 5 heteroatoms. The highest BCUT2D eigenvalue weighted by atomic mass is 16.5. The van der Waals surface area contributed by atoms with Crippen molar-refractivity contribution in [2.75, 3.05) is 19.8 Å². The van der Waals surface area contributed by atoms with Crippen LogP contribution in [0.3, 0.4) is 0 Å². The van der Waals surface area contributed by atoms with E-state index in [-0.39, 0.29) is 12.5 Å². The predicted molar refractivity (Wildman–Crippen MR) is 73.0 cm³/mol. The number of nitrogens with zero attached hydrogens (tertiary/aromatic N) is 3. The number of amides is 1. The number of benzene rings is 1. The van der Waals surface area contributed by atoms with E-state index in [9.17, 15) is 4.79 Å². The zero-order chi connectivity index (χ0) is 13.9. The molecule has 1 saturated heterocycles. The fraction of sp³-hybridized carbons (Fsp3) is 0.267. The molecule has 2 heterocycles. The Morgan fingerprint density at radius 2 is 2.25 bits per heavy atom. The lowest BCUT2D eigenvalue weighted by Gasteiger charge is -2.31. The molecule has 5 nitrogen and oxygen atoms in total. The molecule has 20 heavy (non-hydrogen) atoms. The van der Waals surface area contributed by atoms with Gasteiger partial charge in [0.2, 0.25) is 0 Å². The van der Waals surface area contributed by atoms with E-state index in [0.29, 0.717) is 18.8 Å². The van der Waals surface area contributed by atoms with E-state index in [1.165, 1.54) is 4.90 Å². The smallest absolute Gasteiger partial charge is 0.274 e. The standard InChI is InChI=1S/C15H13N3O2/c16-9-12-10-20-8-7-18(12)15(19)14-13-4-2-1-3-11(13)5-6-17-14/h1-6,12H,7-8,10H2/t12-/m1/s1. The topological polar surface area (TPSA) is 66.2 Å². The maximum Gasteiger partial charge on any atom is 0.274 e. The zero-order valence-corrected chi connectivity index (χ0v) is 10.8. The van der Waals surface area contributed by atoms with Gasteiger partial charge in [-0.2, -0.15) is 5.26 Å². The van der Waals surface area contributed by atoms with Gasteiger partial charge in [-0.05, 0) is 11.5 Å². The van der Waals surface area contributed by atoms with Crippen molar-refractivity contribution in [1.82, 2.24) is 9.88 Å². The van der Waals surface area contributed by atoms with Gasteiger partial charge in [-0.25, -0.2) is 0 Å². The molecule has 1 aromatic heterocycles. The number of carbonyl (C=O) groups is 1. The van der Waals surface area contributed by atoms with Crippen molar-refractivity contribution < 1.29 is 9.53 Å². The number of fused-ring (bicyclic) bond motifs is 1. The number of rotatable bonds is 1. The third-order valence-corrected chi connectivity index (χ3v) is 3.41. The molecule has 0 bridgehead atoms. The lowest BCUT2D eigenvalue weighted by atomic mass is 10.1. The largest absolute Gasteiger partial charge is 0.376 e. The molecule has 3 rings (SSSR count). The first-order chi connectivity index (χ1) is 9.81. The maximum absolute atomic E-state index is 12.6. The normalized spacial score (nSPS) is 18.8. The molecule has 1 fully saturated rings. The Morgan fingerprint density at radius 1 is 1.40 bits per heavy atom. The number of morpholine rings is 1. The fourth-order valence-corrected chi connectivity index (χ4v) is 2.38. The number of pyridine rings is 1. The molecule has 2 aromatic rings. The average molecular weight is 267 g/mol. The van der Waals surface area contributed by atoms with Gasteiger partial charge in [0.05, 0.1) is 19.3 Å². The molecule has 0 radical (unpaired) electrons. The van der Waals surface area contributed by atoms with Crippen LogP contribution in [0.15, 0.2) is 36.5 Å². The average Bonchev–Trinajstić information content (AvgIpc) is 2.53. The molecule has 1 aromatic carbocycles. The lowest BCUT2D eigenvalue weighted by molar-refractivity contribution is 0.0130. The Morgan fingerprint density at radius 3 is 3.10 bits per heavy atom. The Balaban J connectivity index is 2.02. The van der Waals surface area contributed by atoms with Crippen LogP contribution in [0.25, 0.3) is 10.8 Å². The highest BCUT2D eigenvalue weighted by molar-refractivity contribution is 6.05. The summed E-state index contributed by atoms with van der Waals surface area (Å²) < 4.78 is 5.24. The molecule has 0 N–H and O–H groups in total. The van der Waals surface area contributed by atoms with Gasteiger partial charge in [-0.1, -0.05) is 24.3 Å². The van der Waals surface area contributed by atoms with E-state index in [0.717, 1.165) is 10.8 Å². The van der Waals surface area contributed by atoms with E-state index < -0.39 is 6.04 Å². The molecule has 1 amide bonds. The van der Waals surface area contributed by atoms with Crippen LogP contribution in [-0.4, -0.2) is 41.6 Å². The molecule has 1 aliphatic rings. The molecule has 1 atom stereocenters. The number of nitriles is 1. The van der Waals surface area contributed by atoms with E-state index in [2.05, 4.69) is 11.1 Å². The minimum Gasteiger partial charge on any atom is -0.376 e. The minimum absolute atomic E-state index is 0.211. The second-order valence-electron chi connectivity index (χ2n) is 4.60. The molecule has 1 aliphatic heterocycles. The van der Waals surface area contributed by atoms with Gasteiger partial charge in [-0.3, -0.25) is 9.78 Å². The van der Waals surface area contributed by atoms with Gasteiger partial charge in [0.15, 0.2) is 0 Å². The highest BCUT2D eigenvalue weighted by Gasteiger charge is 2.29. The zero-order valence-electron chi connectivity index (χ0n) is 10.8. The summed E-state index contributed by atoms with van der Waals surface area (Å²) in [5.74, 6) is -0.211. The van der Waals surface area contributed by atoms with E-state index in [1.54, 1.807) is 6.20 Å². The Kier molecular flexibility index (Phi) is 3.32. The molecule has 0 unspecified atom stereocenters. The minimum atomic E-state index is -0.544. The van der Waals surface area contributed by atoms with Gasteiger partial charge in [0.25, 0.3) is 5.91 Å². The first kappa shape index (κ1) is 12.6. The number of hydrogen-bond acceptors (Lipinski definition) is 4. The molecule has 0 aliphatic carbocycles. The van der Waals surface area contributed by atoms with Crippen LogP contribution in [0.2, 0.25) is 0 Å². The third-order valence-electron chi connectivity index (χ3n) is 3.41. The SMILES string of the molecule is N#C[C@@H]1COCCN1C(=O)c1nccc2ccccc12. The number of carbonyl (C=O) groups excluding carboxylic acids is 1. The van der Waals surface area contributed by atoms with Crippen LogP contribution in [0.4, 0.5) is 0 Å². The van der Waals surface area contributed by atoms with E-state index in [1.807, 2.05) is 30.3 Å². The Hall–Kier alpha value is -2.45. The molecular formula is C15H13N3O2. The van der Waals surface area contributed by atoms with Gasteiger partial charge in [-0.15, -0.1) is 0 Å². The van der Waals surface area contributed by atoms with Crippen LogP contribution >= 0.6 is 0 Å². The molecule has 100 valence electrons. The summed E-state index contributed by atoms with van der Waals surface area (Å²) in [7, 11) is 0. The van der Waals surface area contributed by atoms with Gasteiger partial charge >= 0.3 is 0 Å². The second-order valence-corrected chi connectivity index (χ2v) is 4.60. The Bertz CT molecular complexity index is 688. The van der Waals surface area contributed by atoms with Crippen molar-refractivity contribution >= 4 is 16.7 Å². The summed E-state index contributed by atoms with van der Waals surface area (Å²) in [4.78, 5) is 18.4. The van der Waals surface area contributed by atoms with Crippen LogP contribution < -0.4 is 0 Å². The van der Waals surface area contributed by atoms with Crippen molar-refractivity contribution in [1.29, 1.82) is 5.26 Å². The van der Waals surface area contributed by atoms with E-state index in [4.69, 9.17) is 10.00 Å². The summed E-state index contributed by atoms with van der Waals surface area (Å²) in [5.41, 5.74) is 0.394. The molecular weight excluding hydrogens is 254 g/mol. The second kappa shape index (κ2) is 5.27. The summed E-state index contributed by atoms with van der Waals surface area (Å²) in [5, 5.41) is 10.9. The van der Waals surface area contributed by atoms with Crippen LogP contribution in [0, 0.1) is 11.3 Å². The van der Waals surface area contributed by atoms with E-state index >= 15 is 0 Å². The number of hydrogen-bond donors (Lipinski definition) is 0. The number of aromatic nitrogens is 1. The van der Waals surface area contributed by atoms with Crippen molar-refractivity contribution in [3.63, 3.8) is 0 Å². The maximum atomic E-state index is 12.6. The van der Waals surface area contributed by atoms with Crippen molar-refractivity contribution in [2.45, 2.75) is 6.04 Å². The molecule has 0 saturated carbocycles. The van der Waals surface area contributed by atoms with Crippen molar-refractivity contribution in [3.05, 3.63) is 42.2 Å². The lowest BCUT2D eigenvalue weighted by Crippen LogP contribution is -2.48. The van der Waals surface area contributed by atoms with Crippen LogP contribution in [-0.2, 0) is 4.74 Å². The highest BCUT2D eigenvalue weighted by Crippen LogP contribution is 2.19. The fourth-order valence-electron chi connectivity index (χ4n) is 2.38.